The van der Waals surface area contributed by atoms with Crippen molar-refractivity contribution in [2.24, 2.45) is 0 Å². The van der Waals surface area contributed by atoms with Crippen molar-refractivity contribution in [1.29, 1.82) is 0 Å². The lowest BCUT2D eigenvalue weighted by Gasteiger charge is -2.07. The summed E-state index contributed by atoms with van der Waals surface area (Å²) in [6.07, 6.45) is 0.935. The maximum absolute atomic E-state index is 12.3. The summed E-state index contributed by atoms with van der Waals surface area (Å²) in [6.45, 7) is 2.70. The highest BCUT2D eigenvalue weighted by Crippen LogP contribution is 2.25. The minimum absolute atomic E-state index is 0.0446. The number of fused-ring (bicyclic) bond motifs is 1. The molecule has 3 aromatic rings. The van der Waals surface area contributed by atoms with Gasteiger partial charge in [-0.05, 0) is 53.3 Å². The first-order chi connectivity index (χ1) is 10.7. The van der Waals surface area contributed by atoms with E-state index >= 15 is 0 Å². The predicted octanol–water partition coefficient (Wildman–Crippen LogP) is 4.85. The molecule has 0 spiro atoms. The van der Waals surface area contributed by atoms with Gasteiger partial charge in [-0.1, -0.05) is 19.1 Å². The molecule has 0 saturated carbocycles. The monoisotopic (exact) mass is 406 g/mol. The third-order valence-electron chi connectivity index (χ3n) is 3.30. The van der Waals surface area contributed by atoms with Crippen molar-refractivity contribution in [1.82, 2.24) is 0 Å². The summed E-state index contributed by atoms with van der Waals surface area (Å²) in [5, 5.41) is 0.568. The molecular formula is C18H15IO3. The van der Waals surface area contributed by atoms with Crippen LogP contribution in [0.15, 0.2) is 57.7 Å². The maximum Gasteiger partial charge on any atom is 0.193 e. The highest BCUT2D eigenvalue weighted by Gasteiger charge is 2.08. The summed E-state index contributed by atoms with van der Waals surface area (Å²) in [5.41, 5.74) is 1.39. The van der Waals surface area contributed by atoms with Gasteiger partial charge in [0.15, 0.2) is 5.43 Å². The summed E-state index contributed by atoms with van der Waals surface area (Å²) in [6, 6.07) is 14.7. The Morgan fingerprint density at radius 2 is 1.86 bits per heavy atom. The van der Waals surface area contributed by atoms with Crippen LogP contribution >= 0.6 is 22.6 Å². The van der Waals surface area contributed by atoms with Crippen LogP contribution in [0.1, 0.15) is 13.3 Å². The Hall–Kier alpha value is -1.82. The predicted molar refractivity (Wildman–Crippen MR) is 96.4 cm³/mol. The van der Waals surface area contributed by atoms with Crippen molar-refractivity contribution >= 4 is 33.6 Å². The van der Waals surface area contributed by atoms with Gasteiger partial charge in [-0.3, -0.25) is 4.79 Å². The van der Waals surface area contributed by atoms with E-state index in [4.69, 9.17) is 9.15 Å². The van der Waals surface area contributed by atoms with E-state index in [1.165, 1.54) is 6.07 Å². The molecule has 0 radical (unpaired) electrons. The fourth-order valence-corrected chi connectivity index (χ4v) is 2.56. The first-order valence-corrected chi connectivity index (χ1v) is 8.22. The molecule has 0 aliphatic heterocycles. The van der Waals surface area contributed by atoms with E-state index in [1.54, 1.807) is 18.2 Å². The van der Waals surface area contributed by atoms with Crippen molar-refractivity contribution in [2.45, 2.75) is 13.3 Å². The number of benzene rings is 2. The highest BCUT2D eigenvalue weighted by molar-refractivity contribution is 14.1. The lowest BCUT2D eigenvalue weighted by molar-refractivity contribution is 0.317. The molecule has 0 fully saturated rings. The van der Waals surface area contributed by atoms with E-state index in [2.05, 4.69) is 29.5 Å². The van der Waals surface area contributed by atoms with Crippen molar-refractivity contribution < 1.29 is 9.15 Å². The van der Waals surface area contributed by atoms with Crippen molar-refractivity contribution in [2.75, 3.05) is 6.61 Å². The molecule has 0 atom stereocenters. The van der Waals surface area contributed by atoms with Crippen LogP contribution in [0.25, 0.3) is 22.3 Å². The Labute approximate surface area is 142 Å². The van der Waals surface area contributed by atoms with Gasteiger partial charge in [0.05, 0.1) is 12.0 Å². The second kappa shape index (κ2) is 6.52. The molecule has 0 amide bonds. The van der Waals surface area contributed by atoms with Crippen LogP contribution in [0.5, 0.6) is 5.75 Å². The number of hydrogen-bond donors (Lipinski definition) is 0. The molecule has 2 aromatic carbocycles. The minimum atomic E-state index is -0.0446. The quantitative estimate of drug-likeness (QED) is 0.582. The number of hydrogen-bond acceptors (Lipinski definition) is 3. The second-order valence-corrected chi connectivity index (χ2v) is 6.23. The van der Waals surface area contributed by atoms with Crippen LogP contribution in [0.2, 0.25) is 0 Å². The molecule has 0 unspecified atom stereocenters. The number of halogens is 1. The van der Waals surface area contributed by atoms with Crippen molar-refractivity contribution in [3.8, 4) is 17.1 Å². The molecule has 0 bridgehead atoms. The molecule has 4 heteroatoms. The Kier molecular flexibility index (Phi) is 4.47. The van der Waals surface area contributed by atoms with Crippen molar-refractivity contribution in [3.63, 3.8) is 0 Å². The number of ether oxygens (including phenoxy) is 1. The van der Waals surface area contributed by atoms with Gasteiger partial charge in [-0.15, -0.1) is 0 Å². The minimum Gasteiger partial charge on any atom is -0.493 e. The van der Waals surface area contributed by atoms with Crippen molar-refractivity contribution in [3.05, 3.63) is 62.3 Å². The molecule has 1 heterocycles. The summed E-state index contributed by atoms with van der Waals surface area (Å²) in [5.74, 6) is 1.29. The lowest BCUT2D eigenvalue weighted by atomic mass is 10.1. The summed E-state index contributed by atoms with van der Waals surface area (Å²) < 4.78 is 12.6. The SMILES string of the molecule is CCCOc1ccc2c(=O)cc(-c3ccc(I)cc3)oc2c1. The van der Waals surface area contributed by atoms with E-state index in [-0.39, 0.29) is 5.43 Å². The normalized spacial score (nSPS) is 10.8. The second-order valence-electron chi connectivity index (χ2n) is 4.99. The Balaban J connectivity index is 2.09. The Morgan fingerprint density at radius 1 is 1.09 bits per heavy atom. The summed E-state index contributed by atoms with van der Waals surface area (Å²) >= 11 is 2.24. The average molecular weight is 406 g/mol. The van der Waals surface area contributed by atoms with Gasteiger partial charge in [-0.25, -0.2) is 0 Å². The zero-order valence-corrected chi connectivity index (χ0v) is 14.3. The molecule has 0 N–H and O–H groups in total. The van der Waals surface area contributed by atoms with Crippen LogP contribution < -0.4 is 10.2 Å². The Morgan fingerprint density at radius 3 is 2.59 bits per heavy atom. The molecule has 3 nitrogen and oxygen atoms in total. The van der Waals surface area contributed by atoms with Gasteiger partial charge >= 0.3 is 0 Å². The average Bonchev–Trinajstić information content (AvgIpc) is 2.53. The zero-order valence-electron chi connectivity index (χ0n) is 12.1. The Bertz CT molecular complexity index is 850. The summed E-state index contributed by atoms with van der Waals surface area (Å²) in [7, 11) is 0. The van der Waals surface area contributed by atoms with Gasteiger partial charge in [0, 0.05) is 21.3 Å². The molecule has 0 aliphatic rings. The largest absolute Gasteiger partial charge is 0.493 e. The third-order valence-corrected chi connectivity index (χ3v) is 4.02. The van der Waals surface area contributed by atoms with E-state index in [0.29, 0.717) is 23.3 Å². The molecule has 0 saturated heterocycles. The molecule has 112 valence electrons. The maximum atomic E-state index is 12.3. The van der Waals surface area contributed by atoms with Gasteiger partial charge < -0.3 is 9.15 Å². The van der Waals surface area contributed by atoms with E-state index < -0.39 is 0 Å². The van der Waals surface area contributed by atoms with Crippen LogP contribution in [-0.4, -0.2) is 6.61 Å². The van der Waals surface area contributed by atoms with E-state index in [0.717, 1.165) is 21.3 Å². The highest BCUT2D eigenvalue weighted by atomic mass is 127. The lowest BCUT2D eigenvalue weighted by Crippen LogP contribution is -2.01. The van der Waals surface area contributed by atoms with E-state index in [9.17, 15) is 4.79 Å². The molecule has 22 heavy (non-hydrogen) atoms. The van der Waals surface area contributed by atoms with Gasteiger partial charge in [-0.2, -0.15) is 0 Å². The fraction of sp³-hybridized carbons (Fsp3) is 0.167. The van der Waals surface area contributed by atoms with Crippen LogP contribution in [-0.2, 0) is 0 Å². The third kappa shape index (κ3) is 3.16. The zero-order chi connectivity index (χ0) is 15.5. The van der Waals surface area contributed by atoms with Gasteiger partial charge in [0.2, 0.25) is 0 Å². The smallest absolute Gasteiger partial charge is 0.193 e. The molecular weight excluding hydrogens is 391 g/mol. The summed E-state index contributed by atoms with van der Waals surface area (Å²) in [4.78, 5) is 12.3. The topological polar surface area (TPSA) is 39.4 Å². The molecule has 1 aromatic heterocycles. The molecule has 0 aliphatic carbocycles. The standard InChI is InChI=1S/C18H15IO3/c1-2-9-21-14-7-8-15-16(20)11-17(22-18(15)10-14)12-3-5-13(19)6-4-12/h3-8,10-11H,2,9H2,1H3. The fourth-order valence-electron chi connectivity index (χ4n) is 2.20. The molecule has 3 rings (SSSR count). The first kappa shape index (κ1) is 15.1. The first-order valence-electron chi connectivity index (χ1n) is 7.14. The van der Waals surface area contributed by atoms with E-state index in [1.807, 2.05) is 24.3 Å². The number of rotatable bonds is 4. The van der Waals surface area contributed by atoms with Gasteiger partial charge in [0.25, 0.3) is 0 Å². The van der Waals surface area contributed by atoms with Crippen LogP contribution in [0.4, 0.5) is 0 Å². The van der Waals surface area contributed by atoms with Gasteiger partial charge in [0.1, 0.15) is 17.1 Å². The van der Waals surface area contributed by atoms with Crippen LogP contribution in [0, 0.1) is 3.57 Å². The van der Waals surface area contributed by atoms with Crippen LogP contribution in [0.3, 0.4) is 0 Å².